The first-order valence-electron chi connectivity index (χ1n) is 8.57. The van der Waals surface area contributed by atoms with Gasteiger partial charge in [0.1, 0.15) is 5.82 Å². The van der Waals surface area contributed by atoms with Crippen LogP contribution < -0.4 is 10.9 Å². The van der Waals surface area contributed by atoms with Crippen LogP contribution >= 0.6 is 0 Å². The monoisotopic (exact) mass is 290 g/mol. The van der Waals surface area contributed by atoms with Crippen LogP contribution in [0.25, 0.3) is 0 Å². The summed E-state index contributed by atoms with van der Waals surface area (Å²) in [5.41, 5.74) is 8.30. The zero-order valence-electron chi connectivity index (χ0n) is 12.8. The van der Waals surface area contributed by atoms with Gasteiger partial charge in [-0.05, 0) is 49.3 Å². The van der Waals surface area contributed by atoms with Crippen LogP contribution in [0.4, 0.5) is 4.39 Å². The Morgan fingerprint density at radius 3 is 2.43 bits per heavy atom. The van der Waals surface area contributed by atoms with Crippen molar-refractivity contribution in [1.82, 2.24) is 10.9 Å². The average molecular weight is 290 g/mol. The lowest BCUT2D eigenvalue weighted by Gasteiger charge is -2.26. The van der Waals surface area contributed by atoms with Gasteiger partial charge in [-0.1, -0.05) is 37.8 Å². The number of nitrogens with one attached hydrogen (secondary N) is 2. The van der Waals surface area contributed by atoms with Crippen molar-refractivity contribution in [2.24, 2.45) is 5.92 Å². The van der Waals surface area contributed by atoms with E-state index in [4.69, 9.17) is 0 Å². The summed E-state index contributed by atoms with van der Waals surface area (Å²) in [7, 11) is 0. The van der Waals surface area contributed by atoms with Crippen molar-refractivity contribution in [2.45, 2.75) is 63.3 Å². The molecule has 2 nitrogen and oxygen atoms in total. The van der Waals surface area contributed by atoms with E-state index in [-0.39, 0.29) is 5.82 Å². The standard InChI is InChI=1S/C18H27FN2/c19-16-11-9-15(10-12-16)17-7-4-8-18(17)21-20-13-14-5-2-1-3-6-14/h9-12,14,17-18,20-21H,1-8,13H2. The molecule has 1 aromatic rings. The molecule has 0 radical (unpaired) electrons. The lowest BCUT2D eigenvalue weighted by atomic mass is 9.89. The summed E-state index contributed by atoms with van der Waals surface area (Å²) in [5.74, 6) is 1.22. The average Bonchev–Trinajstić information content (AvgIpc) is 2.98. The molecule has 0 amide bonds. The van der Waals surface area contributed by atoms with E-state index in [2.05, 4.69) is 10.9 Å². The lowest BCUT2D eigenvalue weighted by Crippen LogP contribution is -2.44. The summed E-state index contributed by atoms with van der Waals surface area (Å²) >= 11 is 0. The Morgan fingerprint density at radius 2 is 1.67 bits per heavy atom. The third-order valence-electron chi connectivity index (χ3n) is 5.22. The molecule has 3 rings (SSSR count). The highest BCUT2D eigenvalue weighted by Gasteiger charge is 2.28. The second-order valence-electron chi connectivity index (χ2n) is 6.72. The highest BCUT2D eigenvalue weighted by molar-refractivity contribution is 5.23. The number of benzene rings is 1. The first kappa shape index (κ1) is 15.0. The van der Waals surface area contributed by atoms with E-state index in [0.29, 0.717) is 12.0 Å². The van der Waals surface area contributed by atoms with Crippen molar-refractivity contribution in [1.29, 1.82) is 0 Å². The smallest absolute Gasteiger partial charge is 0.123 e. The quantitative estimate of drug-likeness (QED) is 0.797. The molecule has 0 heterocycles. The molecule has 0 spiro atoms. The highest BCUT2D eigenvalue weighted by atomic mass is 19.1. The Labute approximate surface area is 127 Å². The zero-order valence-corrected chi connectivity index (χ0v) is 12.8. The Kier molecular flexibility index (Phi) is 5.26. The third kappa shape index (κ3) is 4.04. The largest absolute Gasteiger partial charge is 0.257 e. The van der Waals surface area contributed by atoms with Gasteiger partial charge in [-0.15, -0.1) is 0 Å². The summed E-state index contributed by atoms with van der Waals surface area (Å²) in [4.78, 5) is 0. The zero-order chi connectivity index (χ0) is 14.5. The van der Waals surface area contributed by atoms with E-state index in [9.17, 15) is 4.39 Å². The number of hydrogen-bond acceptors (Lipinski definition) is 2. The molecule has 2 aliphatic rings. The van der Waals surface area contributed by atoms with E-state index in [1.807, 2.05) is 12.1 Å². The van der Waals surface area contributed by atoms with Crippen molar-refractivity contribution in [3.05, 3.63) is 35.6 Å². The number of hydrogen-bond donors (Lipinski definition) is 2. The molecule has 2 atom stereocenters. The van der Waals surface area contributed by atoms with Gasteiger partial charge in [-0.2, -0.15) is 0 Å². The highest BCUT2D eigenvalue weighted by Crippen LogP contribution is 2.34. The molecule has 0 aliphatic heterocycles. The normalized spacial score (nSPS) is 27.1. The molecule has 2 fully saturated rings. The minimum atomic E-state index is -0.142. The second kappa shape index (κ2) is 7.37. The van der Waals surface area contributed by atoms with Crippen LogP contribution in [-0.4, -0.2) is 12.6 Å². The van der Waals surface area contributed by atoms with Gasteiger partial charge in [0.25, 0.3) is 0 Å². The van der Waals surface area contributed by atoms with Gasteiger partial charge in [0.2, 0.25) is 0 Å². The molecule has 21 heavy (non-hydrogen) atoms. The van der Waals surface area contributed by atoms with Crippen LogP contribution in [0.2, 0.25) is 0 Å². The first-order valence-corrected chi connectivity index (χ1v) is 8.57. The van der Waals surface area contributed by atoms with Crippen LogP contribution in [0.1, 0.15) is 62.8 Å². The Morgan fingerprint density at radius 1 is 0.905 bits per heavy atom. The predicted molar refractivity (Wildman–Crippen MR) is 84.5 cm³/mol. The topological polar surface area (TPSA) is 24.1 Å². The van der Waals surface area contributed by atoms with Crippen LogP contribution in [0.3, 0.4) is 0 Å². The van der Waals surface area contributed by atoms with E-state index >= 15 is 0 Å². The summed E-state index contributed by atoms with van der Waals surface area (Å²) < 4.78 is 13.1. The molecule has 3 heteroatoms. The summed E-state index contributed by atoms with van der Waals surface area (Å²) in [6, 6.07) is 7.54. The van der Waals surface area contributed by atoms with Gasteiger partial charge in [-0.25, -0.2) is 4.39 Å². The van der Waals surface area contributed by atoms with Gasteiger partial charge in [0, 0.05) is 18.5 Å². The number of rotatable bonds is 5. The predicted octanol–water partition coefficient (Wildman–Crippen LogP) is 4.14. The van der Waals surface area contributed by atoms with E-state index in [0.717, 1.165) is 12.5 Å². The van der Waals surface area contributed by atoms with Crippen LogP contribution in [0.5, 0.6) is 0 Å². The Bertz CT molecular complexity index is 425. The molecular weight excluding hydrogens is 263 g/mol. The van der Waals surface area contributed by atoms with E-state index < -0.39 is 0 Å². The summed E-state index contributed by atoms with van der Waals surface area (Å²) in [5, 5.41) is 0. The molecule has 1 aromatic carbocycles. The van der Waals surface area contributed by atoms with Crippen LogP contribution in [-0.2, 0) is 0 Å². The number of halogens is 1. The molecule has 2 N–H and O–H groups in total. The molecule has 0 saturated heterocycles. The first-order chi connectivity index (χ1) is 10.3. The lowest BCUT2D eigenvalue weighted by molar-refractivity contribution is 0.306. The van der Waals surface area contributed by atoms with Crippen molar-refractivity contribution < 1.29 is 4.39 Å². The van der Waals surface area contributed by atoms with Gasteiger partial charge < -0.3 is 0 Å². The number of hydrazine groups is 1. The van der Waals surface area contributed by atoms with Crippen LogP contribution in [0, 0.1) is 11.7 Å². The summed E-state index contributed by atoms with van der Waals surface area (Å²) in [6.07, 6.45) is 10.6. The second-order valence-corrected chi connectivity index (χ2v) is 6.72. The van der Waals surface area contributed by atoms with Crippen molar-refractivity contribution in [3.63, 3.8) is 0 Å². The molecule has 2 unspecified atom stereocenters. The fraction of sp³-hybridized carbons (Fsp3) is 0.667. The fourth-order valence-corrected chi connectivity index (χ4v) is 3.97. The van der Waals surface area contributed by atoms with Gasteiger partial charge >= 0.3 is 0 Å². The van der Waals surface area contributed by atoms with Crippen molar-refractivity contribution in [3.8, 4) is 0 Å². The molecule has 2 saturated carbocycles. The molecule has 0 bridgehead atoms. The SMILES string of the molecule is Fc1ccc(C2CCCC2NNCC2CCCCC2)cc1. The van der Waals surface area contributed by atoms with Crippen LogP contribution in [0.15, 0.2) is 24.3 Å². The molecule has 2 aliphatic carbocycles. The third-order valence-corrected chi connectivity index (χ3v) is 5.22. The van der Waals surface area contributed by atoms with Gasteiger partial charge in [-0.3, -0.25) is 10.9 Å². The minimum absolute atomic E-state index is 0.142. The minimum Gasteiger partial charge on any atom is -0.257 e. The van der Waals surface area contributed by atoms with Gasteiger partial charge in [0.05, 0.1) is 0 Å². The molecular formula is C18H27FN2. The Balaban J connectivity index is 1.48. The molecule has 0 aromatic heterocycles. The maximum Gasteiger partial charge on any atom is 0.123 e. The van der Waals surface area contributed by atoms with Gasteiger partial charge in [0.15, 0.2) is 0 Å². The summed E-state index contributed by atoms with van der Waals surface area (Å²) in [6.45, 7) is 1.09. The van der Waals surface area contributed by atoms with E-state index in [1.54, 1.807) is 12.1 Å². The Hall–Kier alpha value is -0.930. The van der Waals surface area contributed by atoms with Crippen molar-refractivity contribution in [2.75, 3.05) is 6.54 Å². The fourth-order valence-electron chi connectivity index (χ4n) is 3.97. The van der Waals surface area contributed by atoms with Crippen molar-refractivity contribution >= 4 is 0 Å². The van der Waals surface area contributed by atoms with E-state index in [1.165, 1.54) is 56.9 Å². The maximum atomic E-state index is 13.1. The maximum absolute atomic E-state index is 13.1. The molecule has 116 valence electrons.